The van der Waals surface area contributed by atoms with E-state index in [1.807, 2.05) is 7.05 Å². The lowest BCUT2D eigenvalue weighted by molar-refractivity contribution is 0.0159. The molecule has 1 aromatic heterocycles. The number of rotatable bonds is 4. The Bertz CT molecular complexity index is 728. The molecule has 3 aliphatic rings. The molecule has 0 unspecified atom stereocenters. The summed E-state index contributed by atoms with van der Waals surface area (Å²) < 4.78 is 0. The second-order valence-corrected chi connectivity index (χ2v) is 7.09. The highest BCUT2D eigenvalue weighted by atomic mass is 16.3. The SMILES string of the molecule is CCCCC#Cc1nc(NC)c2c(n1)N([C@H]1[C@H](O)[C@H](O)[C@@H]3C[C@@H]31)CN2. The van der Waals surface area contributed by atoms with Gasteiger partial charge in [0, 0.05) is 13.5 Å². The molecule has 25 heavy (non-hydrogen) atoms. The van der Waals surface area contributed by atoms with Crippen molar-refractivity contribution in [1.29, 1.82) is 0 Å². The maximum atomic E-state index is 10.4. The van der Waals surface area contributed by atoms with Crippen molar-refractivity contribution in [3.63, 3.8) is 0 Å². The summed E-state index contributed by atoms with van der Waals surface area (Å²) in [5.41, 5.74) is 0.840. The van der Waals surface area contributed by atoms with Crippen LogP contribution < -0.4 is 15.5 Å². The van der Waals surface area contributed by atoms with Crippen molar-refractivity contribution in [3.8, 4) is 11.8 Å². The van der Waals surface area contributed by atoms with Crippen LogP contribution in [0.2, 0.25) is 0 Å². The van der Waals surface area contributed by atoms with Crippen LogP contribution in [0.25, 0.3) is 0 Å². The highest BCUT2D eigenvalue weighted by Gasteiger charge is 2.61. The molecule has 4 N–H and O–H groups in total. The monoisotopic (exact) mass is 343 g/mol. The van der Waals surface area contributed by atoms with E-state index in [2.05, 4.69) is 44.3 Å². The molecular weight excluding hydrogens is 318 g/mol. The summed E-state index contributed by atoms with van der Waals surface area (Å²) in [6.45, 7) is 2.70. The molecule has 5 atom stereocenters. The van der Waals surface area contributed by atoms with Crippen molar-refractivity contribution in [3.05, 3.63) is 5.82 Å². The summed E-state index contributed by atoms with van der Waals surface area (Å²) in [5.74, 6) is 8.73. The lowest BCUT2D eigenvalue weighted by Gasteiger charge is -2.30. The quantitative estimate of drug-likeness (QED) is 0.478. The van der Waals surface area contributed by atoms with E-state index < -0.39 is 12.2 Å². The van der Waals surface area contributed by atoms with Crippen molar-refractivity contribution in [2.24, 2.45) is 11.8 Å². The minimum absolute atomic E-state index is 0.103. The number of aliphatic hydroxyl groups excluding tert-OH is 2. The number of anilines is 3. The summed E-state index contributed by atoms with van der Waals surface area (Å²) in [7, 11) is 1.83. The molecule has 1 aliphatic heterocycles. The van der Waals surface area contributed by atoms with Crippen molar-refractivity contribution in [2.75, 3.05) is 29.2 Å². The summed E-state index contributed by atoms with van der Waals surface area (Å²) in [6, 6.07) is -0.103. The van der Waals surface area contributed by atoms with Crippen LogP contribution >= 0.6 is 0 Å². The molecule has 1 aromatic rings. The number of nitrogens with zero attached hydrogens (tertiary/aromatic N) is 3. The third-order valence-corrected chi connectivity index (χ3v) is 5.51. The Morgan fingerprint density at radius 2 is 2.12 bits per heavy atom. The number of hydrogen-bond acceptors (Lipinski definition) is 7. The van der Waals surface area contributed by atoms with Crippen LogP contribution in [0.1, 0.15) is 38.4 Å². The zero-order chi connectivity index (χ0) is 17.6. The molecule has 0 saturated heterocycles. The van der Waals surface area contributed by atoms with Crippen LogP contribution in [0.5, 0.6) is 0 Å². The van der Waals surface area contributed by atoms with E-state index in [4.69, 9.17) is 0 Å². The molecule has 2 heterocycles. The minimum Gasteiger partial charge on any atom is -0.390 e. The van der Waals surface area contributed by atoms with Gasteiger partial charge in [-0.15, -0.1) is 0 Å². The largest absolute Gasteiger partial charge is 0.390 e. The molecule has 7 heteroatoms. The van der Waals surface area contributed by atoms with Gasteiger partial charge in [-0.3, -0.25) is 0 Å². The van der Waals surface area contributed by atoms with Gasteiger partial charge < -0.3 is 25.7 Å². The van der Waals surface area contributed by atoms with Gasteiger partial charge in [-0.25, -0.2) is 9.97 Å². The lowest BCUT2D eigenvalue weighted by Crippen LogP contribution is -2.46. The van der Waals surface area contributed by atoms with Gasteiger partial charge in [0.25, 0.3) is 0 Å². The topological polar surface area (TPSA) is 93.5 Å². The summed E-state index contributed by atoms with van der Waals surface area (Å²) in [4.78, 5) is 11.2. The van der Waals surface area contributed by atoms with E-state index >= 15 is 0 Å². The van der Waals surface area contributed by atoms with Crippen molar-refractivity contribution in [2.45, 2.75) is 50.9 Å². The molecule has 4 rings (SSSR count). The molecule has 0 amide bonds. The summed E-state index contributed by atoms with van der Waals surface area (Å²) in [5, 5.41) is 27.0. The number of hydrogen-bond donors (Lipinski definition) is 4. The van der Waals surface area contributed by atoms with E-state index in [0.717, 1.165) is 37.2 Å². The maximum absolute atomic E-state index is 10.4. The highest BCUT2D eigenvalue weighted by Crippen LogP contribution is 2.55. The van der Waals surface area contributed by atoms with Crippen LogP contribution in [-0.4, -0.2) is 52.1 Å². The fourth-order valence-corrected chi connectivity index (χ4v) is 4.09. The third-order valence-electron chi connectivity index (χ3n) is 5.51. The molecule has 2 aliphatic carbocycles. The zero-order valence-corrected chi connectivity index (χ0v) is 14.7. The lowest BCUT2D eigenvalue weighted by atomic mass is 10.1. The Hall–Kier alpha value is -2.04. The van der Waals surface area contributed by atoms with Gasteiger partial charge in [-0.2, -0.15) is 0 Å². The van der Waals surface area contributed by atoms with Gasteiger partial charge >= 0.3 is 0 Å². The Kier molecular flexibility index (Phi) is 4.18. The van der Waals surface area contributed by atoms with Gasteiger partial charge in [0.05, 0.1) is 18.8 Å². The fourth-order valence-electron chi connectivity index (χ4n) is 4.09. The second kappa shape index (κ2) is 6.36. The normalized spacial score (nSPS) is 31.7. The first-order chi connectivity index (χ1) is 12.2. The van der Waals surface area contributed by atoms with Crippen LogP contribution in [0.3, 0.4) is 0 Å². The molecule has 7 nitrogen and oxygen atoms in total. The van der Waals surface area contributed by atoms with Crippen LogP contribution in [-0.2, 0) is 0 Å². The number of unbranched alkanes of at least 4 members (excludes halogenated alkanes) is 2. The second-order valence-electron chi connectivity index (χ2n) is 7.09. The zero-order valence-electron chi connectivity index (χ0n) is 14.7. The Morgan fingerprint density at radius 3 is 2.80 bits per heavy atom. The third kappa shape index (κ3) is 2.70. The molecule has 2 saturated carbocycles. The van der Waals surface area contributed by atoms with Gasteiger partial charge in [0.2, 0.25) is 5.82 Å². The van der Waals surface area contributed by atoms with E-state index in [1.165, 1.54) is 0 Å². The van der Waals surface area contributed by atoms with Gasteiger partial charge in [0.1, 0.15) is 11.8 Å². The molecule has 0 aromatic carbocycles. The van der Waals surface area contributed by atoms with Crippen molar-refractivity contribution < 1.29 is 10.2 Å². The predicted octanol–water partition coefficient (Wildman–Crippen LogP) is 0.989. The maximum Gasteiger partial charge on any atom is 0.208 e. The van der Waals surface area contributed by atoms with Crippen LogP contribution in [0.4, 0.5) is 17.3 Å². The molecule has 0 spiro atoms. The van der Waals surface area contributed by atoms with Crippen molar-refractivity contribution in [1.82, 2.24) is 9.97 Å². The first-order valence-electron chi connectivity index (χ1n) is 9.11. The number of aliphatic hydroxyl groups is 2. The van der Waals surface area contributed by atoms with E-state index in [-0.39, 0.29) is 12.0 Å². The predicted molar refractivity (Wildman–Crippen MR) is 96.3 cm³/mol. The van der Waals surface area contributed by atoms with E-state index in [9.17, 15) is 10.2 Å². The number of nitrogens with one attached hydrogen (secondary N) is 2. The van der Waals surface area contributed by atoms with Crippen LogP contribution in [0, 0.1) is 23.7 Å². The molecular formula is C18H25N5O2. The Labute approximate surface area is 147 Å². The summed E-state index contributed by atoms with van der Waals surface area (Å²) >= 11 is 0. The smallest absolute Gasteiger partial charge is 0.208 e. The van der Waals surface area contributed by atoms with E-state index in [1.54, 1.807) is 0 Å². The molecule has 0 radical (unpaired) electrons. The minimum atomic E-state index is -0.733. The highest BCUT2D eigenvalue weighted by molar-refractivity contribution is 5.82. The standard InChI is InChI=1S/C18H25N5O2/c1-3-4-5-6-7-12-21-17(19-2)13-18(22-12)23(9-20-13)14-10-8-11(10)15(24)16(14)25/h10-11,14-16,20,24-25H,3-5,8-9H2,1-2H3,(H,19,21,22)/t10-,11+,14+,15+,16-/m0/s1. The molecule has 2 fully saturated rings. The molecule has 0 bridgehead atoms. The Balaban J connectivity index is 1.64. The van der Waals surface area contributed by atoms with Crippen LogP contribution in [0.15, 0.2) is 0 Å². The van der Waals surface area contributed by atoms with Gasteiger partial charge in [-0.1, -0.05) is 19.3 Å². The average molecular weight is 343 g/mol. The number of fused-ring (bicyclic) bond motifs is 2. The van der Waals surface area contributed by atoms with Gasteiger partial charge in [-0.05, 0) is 30.6 Å². The van der Waals surface area contributed by atoms with Crippen molar-refractivity contribution >= 4 is 17.3 Å². The molecule has 134 valence electrons. The average Bonchev–Trinajstić information content (AvgIpc) is 3.23. The Morgan fingerprint density at radius 1 is 1.28 bits per heavy atom. The summed E-state index contributed by atoms with van der Waals surface area (Å²) in [6.07, 6.45) is 2.64. The van der Waals surface area contributed by atoms with Gasteiger partial charge in [0.15, 0.2) is 11.6 Å². The first kappa shape index (κ1) is 16.4. The fraction of sp³-hybridized carbons (Fsp3) is 0.667. The van der Waals surface area contributed by atoms with E-state index in [0.29, 0.717) is 24.2 Å². The number of aromatic nitrogens is 2. The first-order valence-corrected chi connectivity index (χ1v) is 9.11.